The first-order valence-electron chi connectivity index (χ1n) is 9.69. The van der Waals surface area contributed by atoms with E-state index in [4.69, 9.17) is 9.47 Å². The Hall–Kier alpha value is -1.75. The zero-order valence-corrected chi connectivity index (χ0v) is 14.9. The molecule has 25 heavy (non-hydrogen) atoms. The topological polar surface area (TPSA) is 42.0 Å². The third kappa shape index (κ3) is 3.92. The second-order valence-corrected chi connectivity index (χ2v) is 7.50. The Morgan fingerprint density at radius 1 is 1.00 bits per heavy atom. The number of hydrogen-bond donors (Lipinski definition) is 0. The smallest absolute Gasteiger partial charge is 0.231 e. The highest BCUT2D eigenvalue weighted by atomic mass is 16.7. The van der Waals surface area contributed by atoms with Crippen LogP contribution in [0.2, 0.25) is 0 Å². The van der Waals surface area contributed by atoms with E-state index >= 15 is 0 Å². The van der Waals surface area contributed by atoms with E-state index in [0.717, 1.165) is 57.1 Å². The van der Waals surface area contributed by atoms with Gasteiger partial charge in [-0.3, -0.25) is 9.69 Å². The molecular formula is C20H28N2O3. The van der Waals surface area contributed by atoms with Crippen molar-refractivity contribution in [2.45, 2.75) is 45.1 Å². The fourth-order valence-corrected chi connectivity index (χ4v) is 4.25. The third-order valence-electron chi connectivity index (χ3n) is 5.62. The van der Waals surface area contributed by atoms with Crippen LogP contribution >= 0.6 is 0 Å². The minimum absolute atomic E-state index is 0.167. The lowest BCUT2D eigenvalue weighted by Crippen LogP contribution is -2.44. The molecule has 0 aromatic heterocycles. The summed E-state index contributed by atoms with van der Waals surface area (Å²) >= 11 is 0. The number of rotatable bonds is 3. The molecule has 3 aliphatic rings. The number of fused-ring (bicyclic) bond motifs is 1. The Kier molecular flexibility index (Phi) is 5.11. The Labute approximate surface area is 149 Å². The number of benzene rings is 1. The molecule has 5 heteroatoms. The molecule has 1 unspecified atom stereocenters. The van der Waals surface area contributed by atoms with Crippen LogP contribution in [0.15, 0.2) is 18.2 Å². The molecule has 0 spiro atoms. The maximum absolute atomic E-state index is 12.9. The molecule has 1 aromatic carbocycles. The summed E-state index contributed by atoms with van der Waals surface area (Å²) in [5, 5.41) is 0. The average Bonchev–Trinajstić information content (AvgIpc) is 2.93. The van der Waals surface area contributed by atoms with Crippen LogP contribution in [-0.4, -0.2) is 48.7 Å². The standard InChI is InChI=1S/C20H28N2O3/c23-20(22-10-3-1-2-4-11-22)17-6-5-9-21(14-17)13-16-7-8-18-19(12-16)25-15-24-18/h7-8,12,17H,1-6,9-11,13-15H2. The number of ether oxygens (including phenoxy) is 2. The molecule has 0 bridgehead atoms. The zero-order valence-electron chi connectivity index (χ0n) is 14.9. The van der Waals surface area contributed by atoms with Gasteiger partial charge in [-0.15, -0.1) is 0 Å². The third-order valence-corrected chi connectivity index (χ3v) is 5.62. The lowest BCUT2D eigenvalue weighted by Gasteiger charge is -2.34. The highest BCUT2D eigenvalue weighted by molar-refractivity contribution is 5.79. The Morgan fingerprint density at radius 3 is 2.64 bits per heavy atom. The average molecular weight is 344 g/mol. The summed E-state index contributed by atoms with van der Waals surface area (Å²) in [6, 6.07) is 6.16. The second-order valence-electron chi connectivity index (χ2n) is 7.50. The van der Waals surface area contributed by atoms with Crippen molar-refractivity contribution in [3.05, 3.63) is 23.8 Å². The molecular weight excluding hydrogens is 316 g/mol. The van der Waals surface area contributed by atoms with Gasteiger partial charge >= 0.3 is 0 Å². The monoisotopic (exact) mass is 344 g/mol. The molecule has 1 atom stereocenters. The summed E-state index contributed by atoms with van der Waals surface area (Å²) in [6.07, 6.45) is 7.01. The van der Waals surface area contributed by atoms with Gasteiger partial charge in [0.1, 0.15) is 0 Å². The quantitative estimate of drug-likeness (QED) is 0.845. The molecule has 3 heterocycles. The fourth-order valence-electron chi connectivity index (χ4n) is 4.25. The number of piperidine rings is 1. The van der Waals surface area contributed by atoms with Crippen molar-refractivity contribution in [2.24, 2.45) is 5.92 Å². The number of amides is 1. The van der Waals surface area contributed by atoms with E-state index in [1.165, 1.54) is 31.2 Å². The van der Waals surface area contributed by atoms with E-state index in [2.05, 4.69) is 21.9 Å². The zero-order chi connectivity index (χ0) is 17.1. The minimum atomic E-state index is 0.167. The molecule has 1 amide bonds. The van der Waals surface area contributed by atoms with E-state index in [1.807, 2.05) is 6.07 Å². The van der Waals surface area contributed by atoms with Gasteiger partial charge in [0.15, 0.2) is 11.5 Å². The minimum Gasteiger partial charge on any atom is -0.454 e. The Balaban J connectivity index is 1.36. The highest BCUT2D eigenvalue weighted by Gasteiger charge is 2.29. The SMILES string of the molecule is O=C(C1CCCN(Cc2ccc3c(c2)OCO3)C1)N1CCCCCC1. The lowest BCUT2D eigenvalue weighted by atomic mass is 9.96. The number of carbonyl (C=O) groups is 1. The van der Waals surface area contributed by atoms with Gasteiger partial charge in [-0.2, -0.15) is 0 Å². The van der Waals surface area contributed by atoms with Gasteiger partial charge in [-0.05, 0) is 49.9 Å². The normalized spacial score (nSPS) is 24.2. The molecule has 136 valence electrons. The van der Waals surface area contributed by atoms with Gasteiger partial charge in [-0.25, -0.2) is 0 Å². The van der Waals surface area contributed by atoms with Crippen LogP contribution in [0.25, 0.3) is 0 Å². The first-order valence-corrected chi connectivity index (χ1v) is 9.69. The van der Waals surface area contributed by atoms with Crippen LogP contribution in [-0.2, 0) is 11.3 Å². The maximum Gasteiger partial charge on any atom is 0.231 e. The molecule has 1 aromatic rings. The summed E-state index contributed by atoms with van der Waals surface area (Å²) in [5.74, 6) is 2.22. The van der Waals surface area contributed by atoms with Gasteiger partial charge in [0.05, 0.1) is 5.92 Å². The predicted octanol–water partition coefficient (Wildman–Crippen LogP) is 3.03. The molecule has 5 nitrogen and oxygen atoms in total. The van der Waals surface area contributed by atoms with E-state index < -0.39 is 0 Å². The second kappa shape index (κ2) is 7.65. The summed E-state index contributed by atoms with van der Waals surface area (Å²) in [6.45, 7) is 5.05. The van der Waals surface area contributed by atoms with Gasteiger partial charge in [0, 0.05) is 26.2 Å². The van der Waals surface area contributed by atoms with Crippen molar-refractivity contribution in [3.8, 4) is 11.5 Å². The van der Waals surface area contributed by atoms with Crippen LogP contribution < -0.4 is 9.47 Å². The predicted molar refractivity (Wildman–Crippen MR) is 95.6 cm³/mol. The largest absolute Gasteiger partial charge is 0.454 e. The summed E-state index contributed by atoms with van der Waals surface area (Å²) < 4.78 is 10.9. The van der Waals surface area contributed by atoms with Crippen LogP contribution in [0.3, 0.4) is 0 Å². The number of hydrogen-bond acceptors (Lipinski definition) is 4. The van der Waals surface area contributed by atoms with Crippen molar-refractivity contribution in [3.63, 3.8) is 0 Å². The van der Waals surface area contributed by atoms with Crippen LogP contribution in [0.5, 0.6) is 11.5 Å². The van der Waals surface area contributed by atoms with Crippen molar-refractivity contribution >= 4 is 5.91 Å². The van der Waals surface area contributed by atoms with Gasteiger partial charge < -0.3 is 14.4 Å². The van der Waals surface area contributed by atoms with Crippen molar-refractivity contribution in [1.82, 2.24) is 9.80 Å². The molecule has 0 radical (unpaired) electrons. The van der Waals surface area contributed by atoms with E-state index in [-0.39, 0.29) is 5.92 Å². The molecule has 2 fully saturated rings. The number of likely N-dealkylation sites (tertiary alicyclic amines) is 2. The van der Waals surface area contributed by atoms with Gasteiger partial charge in [0.25, 0.3) is 0 Å². The number of nitrogens with zero attached hydrogens (tertiary/aromatic N) is 2. The van der Waals surface area contributed by atoms with E-state index in [9.17, 15) is 4.79 Å². The van der Waals surface area contributed by atoms with Gasteiger partial charge in [-0.1, -0.05) is 18.9 Å². The maximum atomic E-state index is 12.9. The first-order chi connectivity index (χ1) is 12.3. The summed E-state index contributed by atoms with van der Waals surface area (Å²) in [7, 11) is 0. The van der Waals surface area contributed by atoms with Crippen LogP contribution in [0, 0.1) is 5.92 Å². The number of carbonyl (C=O) groups excluding carboxylic acids is 1. The molecule has 0 saturated carbocycles. The fraction of sp³-hybridized carbons (Fsp3) is 0.650. The van der Waals surface area contributed by atoms with Gasteiger partial charge in [0.2, 0.25) is 12.7 Å². The van der Waals surface area contributed by atoms with Crippen molar-refractivity contribution in [2.75, 3.05) is 33.0 Å². The molecule has 4 rings (SSSR count). The molecule has 0 N–H and O–H groups in total. The van der Waals surface area contributed by atoms with Crippen molar-refractivity contribution < 1.29 is 14.3 Å². The molecule has 3 aliphatic heterocycles. The summed E-state index contributed by atoms with van der Waals surface area (Å²) in [5.41, 5.74) is 1.23. The van der Waals surface area contributed by atoms with E-state index in [0.29, 0.717) is 12.7 Å². The van der Waals surface area contributed by atoms with Crippen LogP contribution in [0.1, 0.15) is 44.1 Å². The lowest BCUT2D eigenvalue weighted by molar-refractivity contribution is -0.137. The van der Waals surface area contributed by atoms with Crippen molar-refractivity contribution in [1.29, 1.82) is 0 Å². The Morgan fingerprint density at radius 2 is 1.80 bits per heavy atom. The Bertz CT molecular complexity index is 611. The highest BCUT2D eigenvalue weighted by Crippen LogP contribution is 2.33. The van der Waals surface area contributed by atoms with E-state index in [1.54, 1.807) is 0 Å². The summed E-state index contributed by atoms with van der Waals surface area (Å²) in [4.78, 5) is 17.5. The molecule has 2 saturated heterocycles. The van der Waals surface area contributed by atoms with Crippen LogP contribution in [0.4, 0.5) is 0 Å². The first kappa shape index (κ1) is 16.7. The molecule has 0 aliphatic carbocycles.